The molecule has 0 saturated carbocycles. The SMILES string of the molecule is COc1ccc(-c2c(-c3ccnc(NC(C)=O)c3)[nH]c3ccc(F)nc23)cn1. The molecule has 28 heavy (non-hydrogen) atoms. The van der Waals surface area contributed by atoms with Crippen molar-refractivity contribution < 1.29 is 13.9 Å². The van der Waals surface area contributed by atoms with Crippen molar-refractivity contribution in [3.8, 4) is 28.3 Å². The van der Waals surface area contributed by atoms with E-state index in [2.05, 4.69) is 25.3 Å². The summed E-state index contributed by atoms with van der Waals surface area (Å²) in [5.74, 6) is 0.0989. The molecule has 0 saturated heterocycles. The molecule has 1 amide bonds. The van der Waals surface area contributed by atoms with Gasteiger partial charge in [0.25, 0.3) is 0 Å². The first-order valence-corrected chi connectivity index (χ1v) is 8.48. The molecule has 0 bridgehead atoms. The topological polar surface area (TPSA) is 92.8 Å². The van der Waals surface area contributed by atoms with Crippen LogP contribution in [0.2, 0.25) is 0 Å². The molecule has 0 atom stereocenters. The number of H-pyrrole nitrogens is 1. The molecule has 0 aliphatic rings. The van der Waals surface area contributed by atoms with Gasteiger partial charge < -0.3 is 15.0 Å². The first-order valence-electron chi connectivity index (χ1n) is 8.48. The molecule has 2 N–H and O–H groups in total. The lowest BCUT2D eigenvalue weighted by Gasteiger charge is -2.08. The van der Waals surface area contributed by atoms with Crippen LogP contribution in [0.5, 0.6) is 5.88 Å². The van der Waals surface area contributed by atoms with E-state index >= 15 is 0 Å². The van der Waals surface area contributed by atoms with Crippen molar-refractivity contribution >= 4 is 22.8 Å². The van der Waals surface area contributed by atoms with Crippen molar-refractivity contribution in [3.05, 3.63) is 54.7 Å². The second-order valence-corrected chi connectivity index (χ2v) is 6.11. The zero-order valence-corrected chi connectivity index (χ0v) is 15.2. The molecule has 4 heterocycles. The number of methoxy groups -OCH3 is 1. The van der Waals surface area contributed by atoms with E-state index in [1.165, 1.54) is 20.1 Å². The van der Waals surface area contributed by atoms with Crippen LogP contribution in [0.3, 0.4) is 0 Å². The van der Waals surface area contributed by atoms with Crippen LogP contribution in [0.25, 0.3) is 33.4 Å². The number of aromatic nitrogens is 4. The van der Waals surface area contributed by atoms with Crippen molar-refractivity contribution in [2.75, 3.05) is 12.4 Å². The maximum atomic E-state index is 13.9. The monoisotopic (exact) mass is 377 g/mol. The number of fused-ring (bicyclic) bond motifs is 1. The van der Waals surface area contributed by atoms with Gasteiger partial charge in [0, 0.05) is 42.1 Å². The first kappa shape index (κ1) is 17.6. The van der Waals surface area contributed by atoms with E-state index in [1.54, 1.807) is 36.7 Å². The summed E-state index contributed by atoms with van der Waals surface area (Å²) in [6.45, 7) is 1.42. The van der Waals surface area contributed by atoms with Crippen LogP contribution in [-0.2, 0) is 4.79 Å². The number of hydrogen-bond acceptors (Lipinski definition) is 5. The number of amides is 1. The normalized spacial score (nSPS) is 10.8. The Kier molecular flexibility index (Phi) is 4.44. The second kappa shape index (κ2) is 7.07. The van der Waals surface area contributed by atoms with Crippen molar-refractivity contribution in [1.82, 2.24) is 19.9 Å². The summed E-state index contributed by atoms with van der Waals surface area (Å²) in [5, 5.41) is 2.66. The maximum Gasteiger partial charge on any atom is 0.222 e. The Morgan fingerprint density at radius 3 is 2.71 bits per heavy atom. The van der Waals surface area contributed by atoms with Crippen LogP contribution in [-0.4, -0.2) is 33.0 Å². The third-order valence-electron chi connectivity index (χ3n) is 4.19. The molecule has 0 spiro atoms. The number of hydrogen-bond donors (Lipinski definition) is 2. The summed E-state index contributed by atoms with van der Waals surface area (Å²) in [7, 11) is 1.54. The minimum Gasteiger partial charge on any atom is -0.481 e. The van der Waals surface area contributed by atoms with Gasteiger partial charge in [0.1, 0.15) is 5.82 Å². The largest absolute Gasteiger partial charge is 0.481 e. The van der Waals surface area contributed by atoms with E-state index in [9.17, 15) is 9.18 Å². The summed E-state index contributed by atoms with van der Waals surface area (Å²) in [5.41, 5.74) is 4.10. The van der Waals surface area contributed by atoms with Gasteiger partial charge in [-0.1, -0.05) is 0 Å². The van der Waals surface area contributed by atoms with Crippen LogP contribution < -0.4 is 10.1 Å². The molecule has 8 heteroatoms. The number of carbonyl (C=O) groups excluding carboxylic acids is 1. The highest BCUT2D eigenvalue weighted by Gasteiger charge is 2.18. The molecule has 0 aliphatic carbocycles. The summed E-state index contributed by atoms with van der Waals surface area (Å²) >= 11 is 0. The van der Waals surface area contributed by atoms with E-state index in [4.69, 9.17) is 4.74 Å². The Labute approximate surface area is 159 Å². The molecule has 4 rings (SSSR count). The lowest BCUT2D eigenvalue weighted by molar-refractivity contribution is -0.114. The van der Waals surface area contributed by atoms with E-state index in [-0.39, 0.29) is 5.91 Å². The Hall–Kier alpha value is -3.81. The summed E-state index contributed by atoms with van der Waals surface area (Å²) in [6.07, 6.45) is 3.24. The molecule has 0 fully saturated rings. The number of anilines is 1. The van der Waals surface area contributed by atoms with Crippen LogP contribution in [0, 0.1) is 5.95 Å². The Bertz CT molecular complexity index is 1170. The Balaban J connectivity index is 1.94. The van der Waals surface area contributed by atoms with E-state index in [1.807, 2.05) is 6.07 Å². The van der Waals surface area contributed by atoms with E-state index in [0.29, 0.717) is 34.0 Å². The Morgan fingerprint density at radius 2 is 2.00 bits per heavy atom. The number of halogens is 1. The Morgan fingerprint density at radius 1 is 1.14 bits per heavy atom. The molecular formula is C20H16FN5O2. The number of nitrogens with one attached hydrogen (secondary N) is 2. The van der Waals surface area contributed by atoms with Gasteiger partial charge in [-0.2, -0.15) is 4.39 Å². The fourth-order valence-corrected chi connectivity index (χ4v) is 3.02. The number of aromatic amines is 1. The average Bonchev–Trinajstić information content (AvgIpc) is 3.06. The highest BCUT2D eigenvalue weighted by molar-refractivity contribution is 6.01. The van der Waals surface area contributed by atoms with Crippen LogP contribution >= 0.6 is 0 Å². The molecule has 4 aromatic heterocycles. The number of carbonyl (C=O) groups is 1. The molecule has 0 aromatic carbocycles. The van der Waals surface area contributed by atoms with Crippen LogP contribution in [0.1, 0.15) is 6.92 Å². The second-order valence-electron chi connectivity index (χ2n) is 6.11. The number of pyridine rings is 3. The van der Waals surface area contributed by atoms with Crippen molar-refractivity contribution in [2.24, 2.45) is 0 Å². The molecule has 0 aliphatic heterocycles. The van der Waals surface area contributed by atoms with Crippen molar-refractivity contribution in [2.45, 2.75) is 6.92 Å². The molecular weight excluding hydrogens is 361 g/mol. The van der Waals surface area contributed by atoms with Gasteiger partial charge >= 0.3 is 0 Å². The van der Waals surface area contributed by atoms with Gasteiger partial charge in [-0.3, -0.25) is 4.79 Å². The average molecular weight is 377 g/mol. The van der Waals surface area contributed by atoms with Crippen molar-refractivity contribution in [3.63, 3.8) is 0 Å². The smallest absolute Gasteiger partial charge is 0.222 e. The van der Waals surface area contributed by atoms with E-state index in [0.717, 1.165) is 11.1 Å². The summed E-state index contributed by atoms with van der Waals surface area (Å²) < 4.78 is 19.0. The maximum absolute atomic E-state index is 13.9. The van der Waals surface area contributed by atoms with Gasteiger partial charge in [0.15, 0.2) is 0 Å². The van der Waals surface area contributed by atoms with Gasteiger partial charge in [0.2, 0.25) is 17.7 Å². The predicted molar refractivity (Wildman–Crippen MR) is 103 cm³/mol. The highest BCUT2D eigenvalue weighted by Crippen LogP contribution is 2.38. The van der Waals surface area contributed by atoms with Gasteiger partial charge in [-0.25, -0.2) is 15.0 Å². The van der Waals surface area contributed by atoms with Crippen molar-refractivity contribution in [1.29, 1.82) is 0 Å². The fourth-order valence-electron chi connectivity index (χ4n) is 3.02. The van der Waals surface area contributed by atoms with Crippen LogP contribution in [0.4, 0.5) is 10.2 Å². The predicted octanol–water partition coefficient (Wildman–Crippen LogP) is 3.79. The number of rotatable bonds is 4. The third kappa shape index (κ3) is 3.27. The van der Waals surface area contributed by atoms with E-state index < -0.39 is 5.95 Å². The van der Waals surface area contributed by atoms with Gasteiger partial charge in [-0.15, -0.1) is 0 Å². The fraction of sp³-hybridized carbons (Fsp3) is 0.100. The summed E-state index contributed by atoms with van der Waals surface area (Å²) in [6, 6.07) is 10.0. The number of ether oxygens (including phenoxy) is 1. The molecule has 0 unspecified atom stereocenters. The number of nitrogens with zero attached hydrogens (tertiary/aromatic N) is 3. The standard InChI is InChI=1S/C20H16FN5O2/c1-11(27)24-16-9-12(7-8-22-16)19-18(13-3-6-17(28-2)23-10-13)20-14(25-19)4-5-15(21)26-20/h3-10,25H,1-2H3,(H,22,24,27). The molecule has 7 nitrogen and oxygen atoms in total. The molecule has 140 valence electrons. The third-order valence-corrected chi connectivity index (χ3v) is 4.19. The quantitative estimate of drug-likeness (QED) is 0.528. The zero-order valence-electron chi connectivity index (χ0n) is 15.2. The molecule has 4 aromatic rings. The van der Waals surface area contributed by atoms with Gasteiger partial charge in [-0.05, 0) is 30.3 Å². The lowest BCUT2D eigenvalue weighted by atomic mass is 10.0. The lowest BCUT2D eigenvalue weighted by Crippen LogP contribution is -2.07. The van der Waals surface area contributed by atoms with Crippen LogP contribution in [0.15, 0.2) is 48.8 Å². The minimum absolute atomic E-state index is 0.218. The highest BCUT2D eigenvalue weighted by atomic mass is 19.1. The summed E-state index contributed by atoms with van der Waals surface area (Å²) in [4.78, 5) is 27.1. The zero-order chi connectivity index (χ0) is 19.7. The first-order chi connectivity index (χ1) is 13.5. The minimum atomic E-state index is -0.575. The van der Waals surface area contributed by atoms with Gasteiger partial charge in [0.05, 0.1) is 23.8 Å². The molecule has 0 radical (unpaired) electrons.